The van der Waals surface area contributed by atoms with E-state index >= 15 is 0 Å². The molecule has 0 aromatic heterocycles. The molecule has 2 atom stereocenters. The molecule has 1 aliphatic rings. The van der Waals surface area contributed by atoms with Gasteiger partial charge in [0, 0.05) is 12.3 Å². The van der Waals surface area contributed by atoms with Crippen molar-refractivity contribution in [1.82, 2.24) is 0 Å². The van der Waals surface area contributed by atoms with Crippen LogP contribution in [0.4, 0.5) is 32.0 Å². The van der Waals surface area contributed by atoms with E-state index in [0.717, 1.165) is 12.1 Å². The molecular weight excluding hydrogens is 507 g/mol. The van der Waals surface area contributed by atoms with Crippen LogP contribution >= 0.6 is 34.8 Å². The second-order valence-electron chi connectivity index (χ2n) is 7.11. The molecule has 172 valence electrons. The van der Waals surface area contributed by atoms with Crippen molar-refractivity contribution in [3.8, 4) is 0 Å². The van der Waals surface area contributed by atoms with E-state index in [9.17, 15) is 35.9 Å². The average Bonchev–Trinajstić information content (AvgIpc) is 3.26. The minimum atomic E-state index is -4.69. The van der Waals surface area contributed by atoms with Gasteiger partial charge in [-0.2, -0.15) is 13.2 Å². The third-order valence-corrected chi connectivity index (χ3v) is 6.13. The lowest BCUT2D eigenvalue weighted by molar-refractivity contribution is -0.133. The summed E-state index contributed by atoms with van der Waals surface area (Å²) in [6.45, 7) is 0. The summed E-state index contributed by atoms with van der Waals surface area (Å²) in [6, 6.07) is 5.03. The van der Waals surface area contributed by atoms with Gasteiger partial charge in [-0.3, -0.25) is 9.59 Å². The van der Waals surface area contributed by atoms with E-state index in [1.54, 1.807) is 0 Å². The first kappa shape index (κ1) is 24.7. The number of alkyl halides is 5. The molecule has 2 unspecified atom stereocenters. The number of carbonyl (C=O) groups excluding carboxylic acids is 2. The average molecular weight is 519 g/mol. The molecule has 3 nitrogen and oxygen atoms in total. The summed E-state index contributed by atoms with van der Waals surface area (Å²) in [5.74, 6) is -7.89. The van der Waals surface area contributed by atoms with E-state index in [1.165, 1.54) is 12.1 Å². The van der Waals surface area contributed by atoms with E-state index in [0.29, 0.717) is 11.6 Å². The normalized spacial score (nSPS) is 19.5. The van der Waals surface area contributed by atoms with E-state index < -0.39 is 75.6 Å². The monoisotopic (exact) mass is 517 g/mol. The fourth-order valence-corrected chi connectivity index (χ4v) is 4.29. The maximum Gasteiger partial charge on any atom is 0.389 e. The van der Waals surface area contributed by atoms with Gasteiger partial charge in [0.05, 0.1) is 28.6 Å². The lowest BCUT2D eigenvalue weighted by Gasteiger charge is -2.11. The molecule has 1 amide bonds. The number of hydrogen-bond acceptors (Lipinski definition) is 2. The van der Waals surface area contributed by atoms with E-state index in [2.05, 4.69) is 5.32 Å². The van der Waals surface area contributed by atoms with Gasteiger partial charge < -0.3 is 5.32 Å². The predicted molar refractivity (Wildman–Crippen MR) is 107 cm³/mol. The molecule has 2 aromatic rings. The standard InChI is InChI=1S/C20H12Cl3F6NO2/c21-9-7-8(1-2-10(9)24)15-16(20(15,22)23)18(32)30-12-4-3-11(25)14(17(12)26)13(31)5-6-19(27,28)29/h1-4,7,15-16H,5-6H2,(H,30,32). The van der Waals surface area contributed by atoms with Crippen LogP contribution in [0.2, 0.25) is 5.02 Å². The summed E-state index contributed by atoms with van der Waals surface area (Å²) >= 11 is 18.0. The minimum absolute atomic E-state index is 0.232. The summed E-state index contributed by atoms with van der Waals surface area (Å²) < 4.78 is 77.3. The van der Waals surface area contributed by atoms with Crippen LogP contribution in [0.15, 0.2) is 30.3 Å². The molecule has 12 heteroatoms. The second kappa shape index (κ2) is 8.76. The third kappa shape index (κ3) is 5.00. The van der Waals surface area contributed by atoms with Crippen LogP contribution in [-0.2, 0) is 4.79 Å². The maximum atomic E-state index is 14.7. The summed E-state index contributed by atoms with van der Waals surface area (Å²) in [5.41, 5.74) is -1.50. The highest BCUT2D eigenvalue weighted by molar-refractivity contribution is 6.53. The molecule has 0 spiro atoms. The van der Waals surface area contributed by atoms with Gasteiger partial charge in [0.25, 0.3) is 0 Å². The molecule has 1 N–H and O–H groups in total. The van der Waals surface area contributed by atoms with E-state index in [1.807, 2.05) is 0 Å². The number of benzene rings is 2. The van der Waals surface area contributed by atoms with E-state index in [4.69, 9.17) is 34.8 Å². The number of ketones is 1. The zero-order valence-electron chi connectivity index (χ0n) is 15.7. The second-order valence-corrected chi connectivity index (χ2v) is 8.97. The zero-order chi connectivity index (χ0) is 24.0. The maximum absolute atomic E-state index is 14.7. The molecule has 1 saturated carbocycles. The molecule has 3 rings (SSSR count). The largest absolute Gasteiger partial charge is 0.389 e. The molecule has 0 saturated heterocycles. The Morgan fingerprint density at radius 2 is 1.66 bits per heavy atom. The molecule has 0 heterocycles. The van der Waals surface area contributed by atoms with Crippen LogP contribution in [0.3, 0.4) is 0 Å². The number of nitrogens with one attached hydrogen (secondary N) is 1. The fraction of sp³-hybridized carbons (Fsp3) is 0.300. The van der Waals surface area contributed by atoms with Gasteiger partial charge in [-0.15, -0.1) is 23.2 Å². The fourth-order valence-electron chi connectivity index (χ4n) is 3.27. The first-order valence-electron chi connectivity index (χ1n) is 8.95. The van der Waals surface area contributed by atoms with Crippen molar-refractivity contribution in [3.63, 3.8) is 0 Å². The lowest BCUT2D eigenvalue weighted by atomic mass is 10.0. The van der Waals surface area contributed by atoms with Crippen molar-refractivity contribution in [3.05, 3.63) is 63.9 Å². The molecule has 1 fully saturated rings. The first-order chi connectivity index (χ1) is 14.7. The third-order valence-electron chi connectivity index (χ3n) is 4.90. The first-order valence-corrected chi connectivity index (χ1v) is 10.1. The number of Topliss-reactive ketones (excluding diaryl/α,β-unsaturated/α-hetero) is 1. The Balaban J connectivity index is 1.81. The van der Waals surface area contributed by atoms with Crippen LogP contribution in [-0.4, -0.2) is 22.2 Å². The smallest absolute Gasteiger partial charge is 0.323 e. The van der Waals surface area contributed by atoms with Gasteiger partial charge in [0.15, 0.2) is 11.6 Å². The zero-order valence-corrected chi connectivity index (χ0v) is 17.9. The Labute approximate surface area is 192 Å². The van der Waals surface area contributed by atoms with Crippen LogP contribution in [0.1, 0.15) is 34.7 Å². The van der Waals surface area contributed by atoms with Gasteiger partial charge in [0.2, 0.25) is 5.91 Å². The van der Waals surface area contributed by atoms with Gasteiger partial charge in [-0.05, 0) is 29.8 Å². The Morgan fingerprint density at radius 3 is 2.25 bits per heavy atom. The highest BCUT2D eigenvalue weighted by Gasteiger charge is 2.67. The molecular formula is C20H12Cl3F6NO2. The predicted octanol–water partition coefficient (Wildman–Crippen LogP) is 6.81. The van der Waals surface area contributed by atoms with Gasteiger partial charge in [-0.1, -0.05) is 17.7 Å². The van der Waals surface area contributed by atoms with Crippen LogP contribution in [0, 0.1) is 23.4 Å². The number of amides is 1. The highest BCUT2D eigenvalue weighted by Crippen LogP contribution is 2.65. The van der Waals surface area contributed by atoms with E-state index in [-0.39, 0.29) is 5.02 Å². The molecule has 0 aliphatic heterocycles. The Bertz CT molecular complexity index is 1090. The summed E-state index contributed by atoms with van der Waals surface area (Å²) in [4.78, 5) is 24.6. The SMILES string of the molecule is O=C(CCC(F)(F)F)c1c(F)ccc(NC(=O)C2C(c3ccc(F)c(Cl)c3)C2(Cl)Cl)c1F. The van der Waals surface area contributed by atoms with Crippen molar-refractivity contribution < 1.29 is 35.9 Å². The van der Waals surface area contributed by atoms with Crippen LogP contribution in [0.25, 0.3) is 0 Å². The van der Waals surface area contributed by atoms with Crippen LogP contribution < -0.4 is 5.32 Å². The Kier molecular flexibility index (Phi) is 6.75. The highest BCUT2D eigenvalue weighted by atomic mass is 35.5. The van der Waals surface area contributed by atoms with Gasteiger partial charge in [0.1, 0.15) is 16.0 Å². The topological polar surface area (TPSA) is 46.2 Å². The van der Waals surface area contributed by atoms with Gasteiger partial charge in [-0.25, -0.2) is 13.2 Å². The lowest BCUT2D eigenvalue weighted by Crippen LogP contribution is -2.19. The number of anilines is 1. The van der Waals surface area contributed by atoms with Crippen molar-refractivity contribution in [1.29, 1.82) is 0 Å². The molecule has 0 radical (unpaired) electrons. The number of carbonyl (C=O) groups is 2. The summed E-state index contributed by atoms with van der Waals surface area (Å²) in [5, 5.41) is 1.89. The number of halogens is 9. The summed E-state index contributed by atoms with van der Waals surface area (Å²) in [6.07, 6.45) is -7.42. The number of hydrogen-bond donors (Lipinski definition) is 1. The minimum Gasteiger partial charge on any atom is -0.323 e. The molecule has 2 aromatic carbocycles. The van der Waals surface area contributed by atoms with Crippen LogP contribution in [0.5, 0.6) is 0 Å². The quantitative estimate of drug-likeness (QED) is 0.259. The Hall–Kier alpha value is -1.97. The molecule has 1 aliphatic carbocycles. The molecule has 0 bridgehead atoms. The van der Waals surface area contributed by atoms with Crippen molar-refractivity contribution in [2.24, 2.45) is 5.92 Å². The van der Waals surface area contributed by atoms with Crippen molar-refractivity contribution in [2.45, 2.75) is 29.3 Å². The van der Waals surface area contributed by atoms with Gasteiger partial charge >= 0.3 is 6.18 Å². The molecule has 32 heavy (non-hydrogen) atoms. The van der Waals surface area contributed by atoms with Crippen molar-refractivity contribution in [2.75, 3.05) is 5.32 Å². The summed E-state index contributed by atoms with van der Waals surface area (Å²) in [7, 11) is 0. The van der Waals surface area contributed by atoms with Crippen molar-refractivity contribution >= 4 is 52.2 Å². The number of rotatable bonds is 6. The Morgan fingerprint density at radius 1 is 1.03 bits per heavy atom.